The van der Waals surface area contributed by atoms with Gasteiger partial charge in [0.05, 0.1) is 11.0 Å². The molecule has 3 fully saturated rings. The molecule has 0 aliphatic heterocycles. The van der Waals surface area contributed by atoms with E-state index in [4.69, 9.17) is 0 Å². The van der Waals surface area contributed by atoms with Gasteiger partial charge in [0.25, 0.3) is 5.69 Å². The molecule has 1 N–H and O–H groups in total. The summed E-state index contributed by atoms with van der Waals surface area (Å²) in [6.45, 7) is 4.56. The Labute approximate surface area is 183 Å². The molecule has 1 aromatic carbocycles. The van der Waals surface area contributed by atoms with Crippen LogP contribution in [0.1, 0.15) is 64.4 Å². The van der Waals surface area contributed by atoms with Crippen molar-refractivity contribution in [3.8, 4) is 0 Å². The SMILES string of the molecule is C[C@]12CC[C@H](O)CC1=CC[C@@H]1[C@@H]2CC[C@]2(C)C(=O)/C(=C\c3ccc([N+](=O)[O-])cc3)C[C@@H]12. The third-order valence-electron chi connectivity index (χ3n) is 9.16. The minimum Gasteiger partial charge on any atom is -0.393 e. The summed E-state index contributed by atoms with van der Waals surface area (Å²) in [6.07, 6.45) is 10.7. The van der Waals surface area contributed by atoms with Crippen molar-refractivity contribution in [3.63, 3.8) is 0 Å². The largest absolute Gasteiger partial charge is 0.393 e. The van der Waals surface area contributed by atoms with Crippen molar-refractivity contribution in [2.24, 2.45) is 28.6 Å². The van der Waals surface area contributed by atoms with Gasteiger partial charge in [-0.3, -0.25) is 14.9 Å². The fourth-order valence-corrected chi connectivity index (χ4v) is 7.33. The smallest absolute Gasteiger partial charge is 0.269 e. The van der Waals surface area contributed by atoms with E-state index >= 15 is 0 Å². The number of Topliss-reactive ketones (excluding diaryl/α,β-unsaturated/α-hetero) is 1. The summed E-state index contributed by atoms with van der Waals surface area (Å²) in [5, 5.41) is 21.1. The van der Waals surface area contributed by atoms with Crippen molar-refractivity contribution in [3.05, 3.63) is 57.2 Å². The summed E-state index contributed by atoms with van der Waals surface area (Å²) >= 11 is 0. The lowest BCUT2D eigenvalue weighted by atomic mass is 9.48. The molecular formula is C26H31NO4. The van der Waals surface area contributed by atoms with Crippen LogP contribution in [0.4, 0.5) is 5.69 Å². The Kier molecular flexibility index (Phi) is 4.74. The maximum absolute atomic E-state index is 13.5. The molecule has 0 unspecified atom stereocenters. The van der Waals surface area contributed by atoms with Crippen molar-refractivity contribution >= 4 is 17.5 Å². The number of hydrogen-bond donors (Lipinski definition) is 1. The maximum Gasteiger partial charge on any atom is 0.269 e. The summed E-state index contributed by atoms with van der Waals surface area (Å²) in [5.41, 5.74) is 3.11. The second kappa shape index (κ2) is 7.13. The molecule has 0 amide bonds. The van der Waals surface area contributed by atoms with E-state index < -0.39 is 4.92 Å². The highest BCUT2D eigenvalue weighted by molar-refractivity contribution is 6.06. The van der Waals surface area contributed by atoms with Crippen LogP contribution in [0.3, 0.4) is 0 Å². The molecule has 0 spiro atoms. The van der Waals surface area contributed by atoms with Crippen molar-refractivity contribution in [2.45, 2.75) is 64.9 Å². The topological polar surface area (TPSA) is 80.4 Å². The number of rotatable bonds is 2. The number of non-ortho nitro benzene ring substituents is 1. The third-order valence-corrected chi connectivity index (χ3v) is 9.16. The van der Waals surface area contributed by atoms with Gasteiger partial charge in [-0.2, -0.15) is 0 Å². The van der Waals surface area contributed by atoms with Crippen LogP contribution in [0.2, 0.25) is 0 Å². The van der Waals surface area contributed by atoms with Gasteiger partial charge in [-0.15, -0.1) is 0 Å². The molecule has 31 heavy (non-hydrogen) atoms. The lowest BCUT2D eigenvalue weighted by molar-refractivity contribution is -0.384. The zero-order valence-electron chi connectivity index (χ0n) is 18.3. The van der Waals surface area contributed by atoms with Crippen molar-refractivity contribution in [2.75, 3.05) is 0 Å². The van der Waals surface area contributed by atoms with E-state index in [0.29, 0.717) is 17.8 Å². The van der Waals surface area contributed by atoms with Crippen LogP contribution in [0.5, 0.6) is 0 Å². The summed E-state index contributed by atoms with van der Waals surface area (Å²) in [4.78, 5) is 24.0. The molecule has 3 saturated carbocycles. The number of nitro groups is 1. The summed E-state index contributed by atoms with van der Waals surface area (Å²) in [5.74, 6) is 1.72. The predicted octanol–water partition coefficient (Wildman–Crippen LogP) is 5.48. The molecule has 5 heteroatoms. The number of carbonyl (C=O) groups excluding carboxylic acids is 1. The van der Waals surface area contributed by atoms with E-state index in [2.05, 4.69) is 19.9 Å². The van der Waals surface area contributed by atoms with Gasteiger partial charge in [0.15, 0.2) is 5.78 Å². The summed E-state index contributed by atoms with van der Waals surface area (Å²) < 4.78 is 0. The predicted molar refractivity (Wildman–Crippen MR) is 119 cm³/mol. The van der Waals surface area contributed by atoms with E-state index in [1.54, 1.807) is 12.1 Å². The molecule has 5 nitrogen and oxygen atoms in total. The van der Waals surface area contributed by atoms with Crippen LogP contribution in [-0.4, -0.2) is 21.9 Å². The zero-order valence-corrected chi connectivity index (χ0v) is 18.3. The number of nitrogens with zero attached hydrogens (tertiary/aromatic N) is 1. The first kappa shape index (κ1) is 20.6. The highest BCUT2D eigenvalue weighted by Gasteiger charge is 2.59. The molecule has 0 aromatic heterocycles. The zero-order chi connectivity index (χ0) is 22.0. The molecular weight excluding hydrogens is 390 g/mol. The number of benzene rings is 1. The third kappa shape index (κ3) is 3.12. The number of aliphatic hydroxyl groups is 1. The van der Waals surface area contributed by atoms with Gasteiger partial charge in [-0.1, -0.05) is 25.5 Å². The van der Waals surface area contributed by atoms with Gasteiger partial charge in [0.2, 0.25) is 0 Å². The van der Waals surface area contributed by atoms with Crippen molar-refractivity contribution < 1.29 is 14.8 Å². The Morgan fingerprint density at radius 3 is 2.48 bits per heavy atom. The Balaban J connectivity index is 1.44. The Morgan fingerprint density at radius 1 is 1.06 bits per heavy atom. The number of nitro benzene ring substituents is 1. The Bertz CT molecular complexity index is 993. The quantitative estimate of drug-likeness (QED) is 0.297. The molecule has 164 valence electrons. The lowest BCUT2D eigenvalue weighted by Crippen LogP contribution is -2.50. The normalized spacial score (nSPS) is 40.7. The number of hydrogen-bond acceptors (Lipinski definition) is 4. The molecule has 0 saturated heterocycles. The van der Waals surface area contributed by atoms with Crippen LogP contribution in [-0.2, 0) is 4.79 Å². The second-order valence-electron chi connectivity index (χ2n) is 10.7. The van der Waals surface area contributed by atoms with E-state index in [-0.39, 0.29) is 28.4 Å². The van der Waals surface area contributed by atoms with E-state index in [1.807, 2.05) is 6.08 Å². The summed E-state index contributed by atoms with van der Waals surface area (Å²) in [7, 11) is 0. The molecule has 6 atom stereocenters. The number of carbonyl (C=O) groups is 1. The van der Waals surface area contributed by atoms with Crippen molar-refractivity contribution in [1.29, 1.82) is 0 Å². The van der Waals surface area contributed by atoms with Crippen LogP contribution in [0.15, 0.2) is 41.5 Å². The highest BCUT2D eigenvalue weighted by atomic mass is 16.6. The van der Waals surface area contributed by atoms with E-state index in [1.165, 1.54) is 17.7 Å². The second-order valence-corrected chi connectivity index (χ2v) is 10.7. The molecule has 4 aliphatic rings. The lowest BCUT2D eigenvalue weighted by Gasteiger charge is -2.56. The van der Waals surface area contributed by atoms with Gasteiger partial charge in [-0.25, -0.2) is 0 Å². The van der Waals surface area contributed by atoms with Crippen LogP contribution < -0.4 is 0 Å². The summed E-state index contributed by atoms with van der Waals surface area (Å²) in [6, 6.07) is 6.47. The first-order chi connectivity index (χ1) is 14.7. The average Bonchev–Trinajstić information content (AvgIpc) is 2.99. The minimum atomic E-state index is -0.400. The van der Waals surface area contributed by atoms with Crippen LogP contribution in [0.25, 0.3) is 6.08 Å². The van der Waals surface area contributed by atoms with Gasteiger partial charge >= 0.3 is 0 Å². The van der Waals surface area contributed by atoms with E-state index in [0.717, 1.165) is 56.1 Å². The molecule has 1 aromatic rings. The maximum atomic E-state index is 13.5. The molecule has 5 rings (SSSR count). The van der Waals surface area contributed by atoms with Gasteiger partial charge in [-0.05, 0) is 97.5 Å². The number of allylic oxidation sites excluding steroid dienone is 2. The van der Waals surface area contributed by atoms with Gasteiger partial charge < -0.3 is 5.11 Å². The average molecular weight is 422 g/mol. The van der Waals surface area contributed by atoms with Crippen LogP contribution >= 0.6 is 0 Å². The number of fused-ring (bicyclic) bond motifs is 5. The monoisotopic (exact) mass is 421 g/mol. The molecule has 0 radical (unpaired) electrons. The molecule has 4 aliphatic carbocycles. The minimum absolute atomic E-state index is 0.0685. The fourth-order valence-electron chi connectivity index (χ4n) is 7.33. The van der Waals surface area contributed by atoms with Gasteiger partial charge in [0, 0.05) is 17.5 Å². The first-order valence-corrected chi connectivity index (χ1v) is 11.6. The van der Waals surface area contributed by atoms with Gasteiger partial charge in [0.1, 0.15) is 0 Å². The van der Waals surface area contributed by atoms with Crippen LogP contribution in [0, 0.1) is 38.7 Å². The van der Waals surface area contributed by atoms with E-state index in [9.17, 15) is 20.0 Å². The Morgan fingerprint density at radius 2 is 1.77 bits per heavy atom. The molecule has 0 heterocycles. The Hall–Kier alpha value is -2.27. The standard InChI is InChI=1S/C26H31NO4/c1-25-11-9-20(28)15-18(25)5-8-21-22(25)10-12-26(2)23(21)14-17(24(26)29)13-16-3-6-19(7-4-16)27(30)31/h3-7,13,20-23,28H,8-12,14-15H2,1-2H3/b17-13-/t20-,21+,22-,23-,25-,26-/m0/s1. The number of ketones is 1. The highest BCUT2D eigenvalue weighted by Crippen LogP contribution is 2.64. The van der Waals surface area contributed by atoms with Crippen molar-refractivity contribution in [1.82, 2.24) is 0 Å². The molecule has 0 bridgehead atoms. The number of aliphatic hydroxyl groups excluding tert-OH is 1. The first-order valence-electron chi connectivity index (χ1n) is 11.6. The fraction of sp³-hybridized carbons (Fsp3) is 0.577.